The highest BCUT2D eigenvalue weighted by Gasteiger charge is 1.96. The fourth-order valence-corrected chi connectivity index (χ4v) is 1.89. The molecule has 2 rings (SSSR count). The second-order valence-electron chi connectivity index (χ2n) is 4.48. The molecule has 2 aromatic rings. The molecule has 104 valence electrons. The predicted molar refractivity (Wildman–Crippen MR) is 80.4 cm³/mol. The van der Waals surface area contributed by atoms with E-state index in [0.29, 0.717) is 13.2 Å². The van der Waals surface area contributed by atoms with Crippen LogP contribution in [0, 0.1) is 0 Å². The lowest BCUT2D eigenvalue weighted by atomic mass is 10.0. The van der Waals surface area contributed by atoms with Crippen LogP contribution in [-0.4, -0.2) is 29.9 Å². The molecule has 0 saturated heterocycles. The van der Waals surface area contributed by atoms with Gasteiger partial charge in [-0.3, -0.25) is 4.98 Å². The molecule has 1 N–H and O–H groups in total. The molecule has 1 aromatic carbocycles. The Kier molecular flexibility index (Phi) is 5.96. The fourth-order valence-electron chi connectivity index (χ4n) is 1.89. The van der Waals surface area contributed by atoms with E-state index in [1.54, 1.807) is 6.20 Å². The molecule has 0 radical (unpaired) electrons. The topological polar surface area (TPSA) is 42.4 Å². The van der Waals surface area contributed by atoms with Gasteiger partial charge in [0.05, 0.1) is 19.8 Å². The molecule has 0 spiro atoms. The number of aliphatic hydroxyl groups is 1. The highest BCUT2D eigenvalue weighted by molar-refractivity contribution is 5.50. The molecule has 0 atom stereocenters. The van der Waals surface area contributed by atoms with Gasteiger partial charge < -0.3 is 9.84 Å². The van der Waals surface area contributed by atoms with Gasteiger partial charge in [-0.25, -0.2) is 0 Å². The van der Waals surface area contributed by atoms with E-state index in [-0.39, 0.29) is 6.61 Å². The number of nitrogens with zero attached hydrogens (tertiary/aromatic N) is 1. The van der Waals surface area contributed by atoms with E-state index in [9.17, 15) is 0 Å². The SMILES string of the molecule is OCCOC/C=C/c1ccc(Cc2cccnc2)cc1. The predicted octanol–water partition coefficient (Wildman–Crippen LogP) is 2.69. The molecule has 20 heavy (non-hydrogen) atoms. The van der Waals surface area contributed by atoms with Gasteiger partial charge in [0.15, 0.2) is 0 Å². The molecule has 3 nitrogen and oxygen atoms in total. The number of aliphatic hydroxyl groups excluding tert-OH is 1. The summed E-state index contributed by atoms with van der Waals surface area (Å²) in [4.78, 5) is 4.12. The monoisotopic (exact) mass is 269 g/mol. The van der Waals surface area contributed by atoms with Gasteiger partial charge >= 0.3 is 0 Å². The Labute approximate surface area is 119 Å². The minimum atomic E-state index is 0.0663. The number of aromatic nitrogens is 1. The van der Waals surface area contributed by atoms with Crippen molar-refractivity contribution in [1.29, 1.82) is 0 Å². The number of hydrogen-bond donors (Lipinski definition) is 1. The molecule has 0 saturated carbocycles. The van der Waals surface area contributed by atoms with Crippen molar-refractivity contribution in [3.8, 4) is 0 Å². The summed E-state index contributed by atoms with van der Waals surface area (Å²) in [5, 5.41) is 8.58. The van der Waals surface area contributed by atoms with E-state index in [4.69, 9.17) is 9.84 Å². The molecule has 0 amide bonds. The maximum absolute atomic E-state index is 8.58. The summed E-state index contributed by atoms with van der Waals surface area (Å²) >= 11 is 0. The largest absolute Gasteiger partial charge is 0.394 e. The van der Waals surface area contributed by atoms with Crippen LogP contribution in [0.3, 0.4) is 0 Å². The van der Waals surface area contributed by atoms with Crippen molar-refractivity contribution in [3.63, 3.8) is 0 Å². The highest BCUT2D eigenvalue weighted by atomic mass is 16.5. The first kappa shape index (κ1) is 14.4. The van der Waals surface area contributed by atoms with Crippen molar-refractivity contribution in [2.75, 3.05) is 19.8 Å². The first-order valence-corrected chi connectivity index (χ1v) is 6.71. The normalized spacial score (nSPS) is 11.1. The Morgan fingerprint density at radius 3 is 2.65 bits per heavy atom. The average Bonchev–Trinajstić information content (AvgIpc) is 2.50. The zero-order chi connectivity index (χ0) is 14.0. The fraction of sp³-hybridized carbons (Fsp3) is 0.235. The zero-order valence-electron chi connectivity index (χ0n) is 11.4. The van der Waals surface area contributed by atoms with Gasteiger partial charge in [0.2, 0.25) is 0 Å². The molecule has 1 aromatic heterocycles. The number of pyridine rings is 1. The van der Waals surface area contributed by atoms with Crippen LogP contribution in [0.2, 0.25) is 0 Å². The van der Waals surface area contributed by atoms with Crippen LogP contribution < -0.4 is 0 Å². The maximum Gasteiger partial charge on any atom is 0.0701 e. The maximum atomic E-state index is 8.58. The van der Waals surface area contributed by atoms with Gasteiger partial charge in [-0.2, -0.15) is 0 Å². The van der Waals surface area contributed by atoms with Gasteiger partial charge in [-0.1, -0.05) is 42.5 Å². The Morgan fingerprint density at radius 1 is 1.10 bits per heavy atom. The summed E-state index contributed by atoms with van der Waals surface area (Å²) in [6, 6.07) is 12.5. The number of ether oxygens (including phenoxy) is 1. The van der Waals surface area contributed by atoms with Crippen LogP contribution in [-0.2, 0) is 11.2 Å². The number of benzene rings is 1. The summed E-state index contributed by atoms with van der Waals surface area (Å²) in [6.45, 7) is 0.975. The van der Waals surface area contributed by atoms with Gasteiger partial charge in [0.1, 0.15) is 0 Å². The lowest BCUT2D eigenvalue weighted by Crippen LogP contribution is -1.98. The van der Waals surface area contributed by atoms with Crippen molar-refractivity contribution >= 4 is 6.08 Å². The molecule has 0 aliphatic rings. The van der Waals surface area contributed by atoms with Gasteiger partial charge in [-0.05, 0) is 29.2 Å². The van der Waals surface area contributed by atoms with Crippen LogP contribution in [0.5, 0.6) is 0 Å². The van der Waals surface area contributed by atoms with Crippen molar-refractivity contribution in [1.82, 2.24) is 4.98 Å². The quantitative estimate of drug-likeness (QED) is 0.786. The Hall–Kier alpha value is -1.97. The standard InChI is InChI=1S/C17H19NO2/c19-10-12-20-11-2-4-15-5-7-16(8-6-15)13-17-3-1-9-18-14-17/h1-9,14,19H,10-13H2/b4-2+. The smallest absolute Gasteiger partial charge is 0.0701 e. The molecular weight excluding hydrogens is 250 g/mol. The van der Waals surface area contributed by atoms with E-state index in [2.05, 4.69) is 35.3 Å². The second-order valence-corrected chi connectivity index (χ2v) is 4.48. The van der Waals surface area contributed by atoms with E-state index >= 15 is 0 Å². The Morgan fingerprint density at radius 2 is 1.95 bits per heavy atom. The highest BCUT2D eigenvalue weighted by Crippen LogP contribution is 2.11. The van der Waals surface area contributed by atoms with Crippen molar-refractivity contribution < 1.29 is 9.84 Å². The molecule has 0 fully saturated rings. The molecule has 0 unspecified atom stereocenters. The zero-order valence-corrected chi connectivity index (χ0v) is 11.4. The van der Waals surface area contributed by atoms with Crippen LogP contribution in [0.15, 0.2) is 54.9 Å². The first-order valence-electron chi connectivity index (χ1n) is 6.71. The summed E-state index contributed by atoms with van der Waals surface area (Å²) in [6.07, 6.45) is 8.55. The molecule has 0 aliphatic carbocycles. The Balaban J connectivity index is 1.86. The lowest BCUT2D eigenvalue weighted by molar-refractivity contribution is 0.112. The summed E-state index contributed by atoms with van der Waals surface area (Å²) in [5.74, 6) is 0. The van der Waals surface area contributed by atoms with Gasteiger partial charge in [0, 0.05) is 12.4 Å². The number of rotatable bonds is 7. The van der Waals surface area contributed by atoms with Gasteiger partial charge in [0.25, 0.3) is 0 Å². The van der Waals surface area contributed by atoms with Crippen LogP contribution >= 0.6 is 0 Å². The summed E-state index contributed by atoms with van der Waals surface area (Å²) < 4.78 is 5.16. The third kappa shape index (κ3) is 4.96. The minimum Gasteiger partial charge on any atom is -0.394 e. The minimum absolute atomic E-state index is 0.0663. The van der Waals surface area contributed by atoms with E-state index in [1.165, 1.54) is 11.1 Å². The molecule has 1 heterocycles. The summed E-state index contributed by atoms with van der Waals surface area (Å²) in [7, 11) is 0. The Bertz CT molecular complexity index is 520. The van der Waals surface area contributed by atoms with Crippen LogP contribution in [0.4, 0.5) is 0 Å². The molecule has 3 heteroatoms. The van der Waals surface area contributed by atoms with E-state index in [0.717, 1.165) is 12.0 Å². The third-order valence-electron chi connectivity index (χ3n) is 2.87. The van der Waals surface area contributed by atoms with Crippen molar-refractivity contribution in [2.24, 2.45) is 0 Å². The number of hydrogen-bond acceptors (Lipinski definition) is 3. The van der Waals surface area contributed by atoms with Gasteiger partial charge in [-0.15, -0.1) is 0 Å². The van der Waals surface area contributed by atoms with E-state index < -0.39 is 0 Å². The molecular formula is C17H19NO2. The molecule has 0 bridgehead atoms. The van der Waals surface area contributed by atoms with Crippen molar-refractivity contribution in [2.45, 2.75) is 6.42 Å². The van der Waals surface area contributed by atoms with Crippen LogP contribution in [0.1, 0.15) is 16.7 Å². The van der Waals surface area contributed by atoms with E-state index in [1.807, 2.05) is 24.4 Å². The average molecular weight is 269 g/mol. The summed E-state index contributed by atoms with van der Waals surface area (Å²) in [5.41, 5.74) is 3.63. The first-order chi connectivity index (χ1) is 9.88. The second kappa shape index (κ2) is 8.25. The molecule has 0 aliphatic heterocycles. The van der Waals surface area contributed by atoms with Crippen molar-refractivity contribution in [3.05, 3.63) is 71.6 Å². The third-order valence-corrected chi connectivity index (χ3v) is 2.87. The lowest BCUT2D eigenvalue weighted by Gasteiger charge is -2.02. The van der Waals surface area contributed by atoms with Crippen LogP contribution in [0.25, 0.3) is 6.08 Å².